The first-order chi connectivity index (χ1) is 13.6. The molecule has 1 saturated heterocycles. The summed E-state index contributed by atoms with van der Waals surface area (Å²) < 4.78 is 1.34. The quantitative estimate of drug-likeness (QED) is 0.632. The zero-order valence-electron chi connectivity index (χ0n) is 17.4. The third kappa shape index (κ3) is 4.60. The molecule has 0 unspecified atom stereocenters. The van der Waals surface area contributed by atoms with E-state index >= 15 is 0 Å². The number of likely N-dealkylation sites (tertiary alicyclic amines) is 1. The Morgan fingerprint density at radius 3 is 2.61 bits per heavy atom. The van der Waals surface area contributed by atoms with Gasteiger partial charge in [-0.05, 0) is 99.0 Å². The van der Waals surface area contributed by atoms with Gasteiger partial charge in [-0.3, -0.25) is 4.79 Å². The van der Waals surface area contributed by atoms with Gasteiger partial charge in [0.25, 0.3) is 0 Å². The second kappa shape index (κ2) is 8.96. The molecular formula is C24H34N2OS. The first-order valence-electron chi connectivity index (χ1n) is 11.1. The molecule has 1 aliphatic carbocycles. The van der Waals surface area contributed by atoms with Crippen molar-refractivity contribution in [2.24, 2.45) is 5.92 Å². The molecule has 1 aliphatic heterocycles. The summed E-state index contributed by atoms with van der Waals surface area (Å²) >= 11 is 1.84. The highest BCUT2D eigenvalue weighted by Gasteiger charge is 2.24. The summed E-state index contributed by atoms with van der Waals surface area (Å²) in [5, 5.41) is 6.89. The predicted molar refractivity (Wildman–Crippen MR) is 120 cm³/mol. The van der Waals surface area contributed by atoms with Crippen LogP contribution in [0, 0.1) is 5.92 Å². The Morgan fingerprint density at radius 1 is 1.14 bits per heavy atom. The standard InChI is InChI=1S/C24H34N2OS/c1-17(2)26-12-10-19(11-13-26)22-16-28-23-9-8-20(15-21(22)23)25-24(27)14-18-6-4-3-5-7-18/h8-9,15-19H,3-7,10-14H2,1-2H3,(H,25,27). The van der Waals surface area contributed by atoms with Crippen molar-refractivity contribution in [3.63, 3.8) is 0 Å². The Kier molecular flexibility index (Phi) is 6.37. The van der Waals surface area contributed by atoms with Crippen molar-refractivity contribution in [2.75, 3.05) is 18.4 Å². The van der Waals surface area contributed by atoms with Crippen LogP contribution in [-0.2, 0) is 4.79 Å². The number of fused-ring (bicyclic) bond motifs is 1. The average molecular weight is 399 g/mol. The number of benzene rings is 1. The molecule has 4 heteroatoms. The molecule has 2 fully saturated rings. The molecule has 28 heavy (non-hydrogen) atoms. The molecule has 1 saturated carbocycles. The first kappa shape index (κ1) is 19.9. The van der Waals surface area contributed by atoms with Crippen molar-refractivity contribution in [3.05, 3.63) is 29.1 Å². The molecule has 2 heterocycles. The maximum atomic E-state index is 12.5. The van der Waals surface area contributed by atoms with Gasteiger partial charge in [-0.25, -0.2) is 0 Å². The molecule has 0 radical (unpaired) electrons. The number of carbonyl (C=O) groups excluding carboxylic acids is 1. The van der Waals surface area contributed by atoms with E-state index in [1.807, 2.05) is 11.3 Å². The van der Waals surface area contributed by atoms with Gasteiger partial charge < -0.3 is 10.2 Å². The van der Waals surface area contributed by atoms with E-state index in [0.29, 0.717) is 24.3 Å². The van der Waals surface area contributed by atoms with Crippen molar-refractivity contribution in [3.8, 4) is 0 Å². The van der Waals surface area contributed by atoms with E-state index in [1.54, 1.807) is 0 Å². The van der Waals surface area contributed by atoms with E-state index in [-0.39, 0.29) is 5.91 Å². The van der Waals surface area contributed by atoms with Gasteiger partial charge in [0.1, 0.15) is 0 Å². The highest BCUT2D eigenvalue weighted by molar-refractivity contribution is 7.17. The summed E-state index contributed by atoms with van der Waals surface area (Å²) in [6, 6.07) is 7.12. The molecule has 3 nitrogen and oxygen atoms in total. The number of rotatable bonds is 5. The van der Waals surface area contributed by atoms with E-state index in [2.05, 4.69) is 47.6 Å². The second-order valence-corrected chi connectivity index (χ2v) is 9.97. The van der Waals surface area contributed by atoms with Crippen LogP contribution in [0.4, 0.5) is 5.69 Å². The SMILES string of the molecule is CC(C)N1CCC(c2csc3ccc(NC(=O)CC4CCCCC4)cc23)CC1. The van der Waals surface area contributed by atoms with Crippen molar-refractivity contribution in [1.82, 2.24) is 4.90 Å². The fourth-order valence-electron chi connectivity index (χ4n) is 5.04. The molecule has 2 aromatic rings. The smallest absolute Gasteiger partial charge is 0.224 e. The maximum Gasteiger partial charge on any atom is 0.224 e. The molecule has 0 atom stereocenters. The first-order valence-corrected chi connectivity index (χ1v) is 12.0. The Hall–Kier alpha value is -1.39. The normalized spacial score (nSPS) is 20.1. The number of hydrogen-bond acceptors (Lipinski definition) is 3. The maximum absolute atomic E-state index is 12.5. The third-order valence-electron chi connectivity index (χ3n) is 6.79. The number of hydrogen-bond donors (Lipinski definition) is 1. The van der Waals surface area contributed by atoms with Crippen LogP contribution in [0.1, 0.15) is 76.7 Å². The van der Waals surface area contributed by atoms with Gasteiger partial charge in [-0.15, -0.1) is 11.3 Å². The molecule has 152 valence electrons. The van der Waals surface area contributed by atoms with Gasteiger partial charge in [-0.1, -0.05) is 19.3 Å². The fourth-order valence-corrected chi connectivity index (χ4v) is 6.06. The van der Waals surface area contributed by atoms with Crippen LogP contribution in [0.2, 0.25) is 0 Å². The van der Waals surface area contributed by atoms with E-state index < -0.39 is 0 Å². The minimum atomic E-state index is 0.188. The average Bonchev–Trinajstić information content (AvgIpc) is 3.12. The van der Waals surface area contributed by atoms with Gasteiger partial charge in [0.05, 0.1) is 0 Å². The topological polar surface area (TPSA) is 32.3 Å². The van der Waals surface area contributed by atoms with E-state index in [0.717, 1.165) is 5.69 Å². The molecule has 2 aliphatic rings. The molecule has 0 bridgehead atoms. The lowest BCUT2D eigenvalue weighted by Gasteiger charge is -2.34. The summed E-state index contributed by atoms with van der Waals surface area (Å²) in [6.45, 7) is 6.97. The van der Waals surface area contributed by atoms with E-state index in [9.17, 15) is 4.79 Å². The summed E-state index contributed by atoms with van der Waals surface area (Å²) in [5.41, 5.74) is 2.46. The Labute approximate surface area is 173 Å². The number of anilines is 1. The van der Waals surface area contributed by atoms with Crippen LogP contribution >= 0.6 is 11.3 Å². The van der Waals surface area contributed by atoms with Crippen molar-refractivity contribution < 1.29 is 4.79 Å². The lowest BCUT2D eigenvalue weighted by atomic mass is 9.87. The number of piperidine rings is 1. The van der Waals surface area contributed by atoms with Crippen LogP contribution in [0.5, 0.6) is 0 Å². The third-order valence-corrected chi connectivity index (χ3v) is 7.77. The summed E-state index contributed by atoms with van der Waals surface area (Å²) in [5.74, 6) is 1.42. The predicted octanol–water partition coefficient (Wildman–Crippen LogP) is 6.40. The minimum Gasteiger partial charge on any atom is -0.326 e. The lowest BCUT2D eigenvalue weighted by molar-refractivity contribution is -0.117. The zero-order chi connectivity index (χ0) is 19.5. The molecule has 1 amide bonds. The number of nitrogens with zero attached hydrogens (tertiary/aromatic N) is 1. The van der Waals surface area contributed by atoms with Gasteiger partial charge >= 0.3 is 0 Å². The Bertz CT molecular complexity index is 798. The van der Waals surface area contributed by atoms with E-state index in [1.165, 1.54) is 73.7 Å². The van der Waals surface area contributed by atoms with Crippen molar-refractivity contribution >= 4 is 33.0 Å². The minimum absolute atomic E-state index is 0.188. The van der Waals surface area contributed by atoms with Crippen LogP contribution in [0.3, 0.4) is 0 Å². The van der Waals surface area contributed by atoms with Gasteiger partial charge in [0.2, 0.25) is 5.91 Å². The summed E-state index contributed by atoms with van der Waals surface area (Å²) in [4.78, 5) is 15.1. The number of nitrogens with one attached hydrogen (secondary N) is 1. The molecule has 1 aromatic carbocycles. The van der Waals surface area contributed by atoms with Gasteiger partial charge in [0.15, 0.2) is 0 Å². The highest BCUT2D eigenvalue weighted by atomic mass is 32.1. The Balaban J connectivity index is 1.43. The van der Waals surface area contributed by atoms with Crippen LogP contribution in [0.15, 0.2) is 23.6 Å². The molecule has 1 N–H and O–H groups in total. The molecular weight excluding hydrogens is 364 g/mol. The fraction of sp³-hybridized carbons (Fsp3) is 0.625. The molecule has 0 spiro atoms. The molecule has 1 aromatic heterocycles. The van der Waals surface area contributed by atoms with E-state index in [4.69, 9.17) is 0 Å². The van der Waals surface area contributed by atoms with Crippen LogP contribution in [0.25, 0.3) is 10.1 Å². The molecule has 4 rings (SSSR count). The lowest BCUT2D eigenvalue weighted by Crippen LogP contribution is -2.37. The number of carbonyl (C=O) groups is 1. The number of thiophene rings is 1. The van der Waals surface area contributed by atoms with Gasteiger partial charge in [-0.2, -0.15) is 0 Å². The monoisotopic (exact) mass is 398 g/mol. The highest BCUT2D eigenvalue weighted by Crippen LogP contribution is 2.38. The summed E-state index contributed by atoms with van der Waals surface area (Å²) in [7, 11) is 0. The largest absolute Gasteiger partial charge is 0.326 e. The number of amides is 1. The summed E-state index contributed by atoms with van der Waals surface area (Å²) in [6.07, 6.45) is 9.51. The van der Waals surface area contributed by atoms with Crippen LogP contribution in [-0.4, -0.2) is 29.9 Å². The van der Waals surface area contributed by atoms with Crippen molar-refractivity contribution in [2.45, 2.75) is 77.2 Å². The van der Waals surface area contributed by atoms with Gasteiger partial charge in [0, 0.05) is 22.8 Å². The Morgan fingerprint density at radius 2 is 1.89 bits per heavy atom. The second-order valence-electron chi connectivity index (χ2n) is 9.06. The van der Waals surface area contributed by atoms with Crippen LogP contribution < -0.4 is 5.32 Å². The van der Waals surface area contributed by atoms with Crippen molar-refractivity contribution in [1.29, 1.82) is 0 Å². The zero-order valence-corrected chi connectivity index (χ0v) is 18.2.